The highest BCUT2D eigenvalue weighted by Gasteiger charge is 2.39. The van der Waals surface area contributed by atoms with Gasteiger partial charge in [0.05, 0.1) is 55.5 Å². The van der Waals surface area contributed by atoms with Crippen LogP contribution in [0.1, 0.15) is 107 Å². The Morgan fingerprint density at radius 2 is 1.44 bits per heavy atom. The smallest absolute Gasteiger partial charge is 0.417 e. The van der Waals surface area contributed by atoms with Crippen LogP contribution in [0.3, 0.4) is 0 Å². The van der Waals surface area contributed by atoms with Crippen molar-refractivity contribution in [3.63, 3.8) is 0 Å². The van der Waals surface area contributed by atoms with Gasteiger partial charge in [-0.05, 0) is 73.4 Å². The van der Waals surface area contributed by atoms with Gasteiger partial charge in [0.1, 0.15) is 36.5 Å². The van der Waals surface area contributed by atoms with Crippen molar-refractivity contribution >= 4 is 42.0 Å². The molecule has 1 heterocycles. The number of nitrogens with one attached hydrogen (secondary N) is 3. The number of hydroxylamine groups is 2. The Morgan fingerprint density at radius 1 is 0.767 bits per heavy atom. The van der Waals surface area contributed by atoms with E-state index < -0.39 is 84.0 Å². The summed E-state index contributed by atoms with van der Waals surface area (Å²) in [4.78, 5) is 97.8. The van der Waals surface area contributed by atoms with Crippen LogP contribution in [-0.2, 0) is 52.9 Å². The lowest BCUT2D eigenvalue weighted by Crippen LogP contribution is -2.49. The highest BCUT2D eigenvalue weighted by Crippen LogP contribution is 2.35. The van der Waals surface area contributed by atoms with Gasteiger partial charge in [-0.3, -0.25) is 24.0 Å². The monoisotopic (exact) mass is 1010 g/mol. The highest BCUT2D eigenvalue weighted by molar-refractivity contribution is 6.00. The predicted molar refractivity (Wildman–Crippen MR) is 257 cm³/mol. The minimum Gasteiger partial charge on any atom is -0.497 e. The number of rotatable bonds is 27. The van der Waals surface area contributed by atoms with E-state index in [1.807, 2.05) is 13.0 Å². The van der Waals surface area contributed by atoms with Crippen LogP contribution in [0.5, 0.6) is 11.5 Å². The molecule has 73 heavy (non-hydrogen) atoms. The Bertz CT molecular complexity index is 2660. The second-order valence-electron chi connectivity index (χ2n) is 16.3. The molecule has 388 valence electrons. The van der Waals surface area contributed by atoms with Crippen molar-refractivity contribution in [1.29, 1.82) is 0 Å². The number of benzene rings is 4. The van der Waals surface area contributed by atoms with Crippen LogP contribution in [0.4, 0.5) is 13.2 Å². The van der Waals surface area contributed by atoms with Crippen LogP contribution in [0.2, 0.25) is 0 Å². The van der Waals surface area contributed by atoms with Crippen molar-refractivity contribution in [3.8, 4) is 22.8 Å². The lowest BCUT2D eigenvalue weighted by atomic mass is 9.90. The standard InChI is InChI=1S/C53H57F3N4O13/c1-5-8-11-20-39(43(6-2)60(33-61)73-51(66)38-24-22-37(68-4)28-41(38)53(54,55)56)48(63)57-32-58-50(65)45-26-25-44(72-45)36-21-23-40(46(27-36)69-7-3)49(64)59-42(52(67)71-31-35-18-14-10-15-19-35)29-47(62)70-30-34-16-12-9-13-17-34/h9-10,12-19,21-28,33,39,42-43H,5-8,11,20,29-32H2,1-4H3,(H,57,63)(H,58,65)(H,59,64)/t39-,42+,43-/m1/s1. The lowest BCUT2D eigenvalue weighted by molar-refractivity contribution is -0.171. The van der Waals surface area contributed by atoms with E-state index in [-0.39, 0.29) is 67.7 Å². The number of esters is 2. The van der Waals surface area contributed by atoms with Gasteiger partial charge in [0.2, 0.25) is 12.3 Å². The van der Waals surface area contributed by atoms with Crippen molar-refractivity contribution in [2.24, 2.45) is 5.92 Å². The van der Waals surface area contributed by atoms with E-state index in [2.05, 4.69) is 16.0 Å². The van der Waals surface area contributed by atoms with Gasteiger partial charge in [0.15, 0.2) is 5.76 Å². The van der Waals surface area contributed by atoms with Gasteiger partial charge in [-0.2, -0.15) is 18.2 Å². The fraction of sp³-hybridized carbons (Fsp3) is 0.340. The van der Waals surface area contributed by atoms with Gasteiger partial charge >= 0.3 is 24.1 Å². The number of ether oxygens (including phenoxy) is 4. The summed E-state index contributed by atoms with van der Waals surface area (Å²) in [6.45, 7) is 4.77. The number of hydrogen-bond acceptors (Lipinski definition) is 13. The number of halogens is 3. The van der Waals surface area contributed by atoms with Gasteiger partial charge in [0, 0.05) is 5.56 Å². The Labute approximate surface area is 419 Å². The zero-order chi connectivity index (χ0) is 52.9. The Balaban J connectivity index is 1.24. The molecule has 3 atom stereocenters. The van der Waals surface area contributed by atoms with Gasteiger partial charge in [-0.15, -0.1) is 0 Å². The summed E-state index contributed by atoms with van der Waals surface area (Å²) < 4.78 is 69.2. The molecule has 4 amide bonds. The summed E-state index contributed by atoms with van der Waals surface area (Å²) in [5, 5.41) is 8.26. The molecule has 0 unspecified atom stereocenters. The van der Waals surface area contributed by atoms with Crippen LogP contribution in [-0.4, -0.2) is 79.6 Å². The van der Waals surface area contributed by atoms with Gasteiger partial charge < -0.3 is 44.2 Å². The number of hydrogen-bond donors (Lipinski definition) is 3. The molecule has 0 fully saturated rings. The number of alkyl halides is 3. The SMILES string of the molecule is CCCCC[C@@H](C(=O)NCNC(=O)c1ccc(-c2ccc(C(=O)N[C@@H](CC(=O)OCc3ccccc3)C(=O)OCc3ccccc3)c(OCC)c2)o1)[C@@H](CC)N(C=O)OC(=O)c1ccc(OC)cc1C(F)(F)F. The molecule has 5 aromatic rings. The summed E-state index contributed by atoms with van der Waals surface area (Å²) >= 11 is 0. The fourth-order valence-corrected chi connectivity index (χ4v) is 7.53. The third-order valence-corrected chi connectivity index (χ3v) is 11.3. The average Bonchev–Trinajstić information content (AvgIpc) is 3.90. The van der Waals surface area contributed by atoms with Crippen molar-refractivity contribution < 1.29 is 74.9 Å². The normalized spacial score (nSPS) is 12.3. The molecule has 0 saturated carbocycles. The highest BCUT2D eigenvalue weighted by atomic mass is 19.4. The number of carbonyl (C=O) groups is 7. The maximum absolute atomic E-state index is 13.9. The van der Waals surface area contributed by atoms with Crippen molar-refractivity contribution in [1.82, 2.24) is 21.0 Å². The zero-order valence-corrected chi connectivity index (χ0v) is 40.7. The first-order valence-electron chi connectivity index (χ1n) is 23.5. The first-order chi connectivity index (χ1) is 35.1. The molecular formula is C53H57F3N4O13. The van der Waals surface area contributed by atoms with Crippen LogP contribution in [0, 0.1) is 5.92 Å². The number of nitrogens with zero attached hydrogens (tertiary/aromatic N) is 1. The molecule has 20 heteroatoms. The summed E-state index contributed by atoms with van der Waals surface area (Å²) in [5.41, 5.74) is -0.415. The van der Waals surface area contributed by atoms with Crippen LogP contribution in [0.25, 0.3) is 11.3 Å². The second-order valence-corrected chi connectivity index (χ2v) is 16.3. The summed E-state index contributed by atoms with van der Waals surface area (Å²) in [6, 6.07) is 25.1. The van der Waals surface area contributed by atoms with Crippen LogP contribution >= 0.6 is 0 Å². The molecule has 0 spiro atoms. The molecular weight excluding hydrogens is 958 g/mol. The number of amides is 4. The third-order valence-electron chi connectivity index (χ3n) is 11.3. The summed E-state index contributed by atoms with van der Waals surface area (Å²) in [6.07, 6.45) is -3.15. The van der Waals surface area contributed by atoms with E-state index >= 15 is 0 Å². The Kier molecular flexibility index (Phi) is 21.0. The average molecular weight is 1020 g/mol. The zero-order valence-electron chi connectivity index (χ0n) is 40.7. The topological polar surface area (TPSA) is 218 Å². The maximum Gasteiger partial charge on any atom is 0.417 e. The third kappa shape index (κ3) is 16.2. The van der Waals surface area contributed by atoms with E-state index in [1.165, 1.54) is 30.3 Å². The molecule has 0 saturated heterocycles. The molecule has 5 rings (SSSR count). The number of unbranched alkanes of at least 4 members (excludes halogenated alkanes) is 2. The van der Waals surface area contributed by atoms with Crippen LogP contribution < -0.4 is 25.4 Å². The van der Waals surface area contributed by atoms with E-state index in [0.717, 1.165) is 31.2 Å². The lowest BCUT2D eigenvalue weighted by Gasteiger charge is -2.32. The molecule has 0 aliphatic carbocycles. The number of carbonyl (C=O) groups excluding carboxylic acids is 7. The molecule has 0 radical (unpaired) electrons. The quantitative estimate of drug-likeness (QED) is 0.0148. The minimum atomic E-state index is -4.97. The largest absolute Gasteiger partial charge is 0.497 e. The Morgan fingerprint density at radius 3 is 2.05 bits per heavy atom. The molecule has 3 N–H and O–H groups in total. The van der Waals surface area contributed by atoms with E-state index in [1.54, 1.807) is 68.4 Å². The second kappa shape index (κ2) is 27.4. The maximum atomic E-state index is 13.9. The fourth-order valence-electron chi connectivity index (χ4n) is 7.53. The predicted octanol–water partition coefficient (Wildman–Crippen LogP) is 8.36. The first kappa shape index (κ1) is 55.8. The Hall–Kier alpha value is -8.16. The number of furan rings is 1. The molecule has 1 aromatic heterocycles. The van der Waals surface area contributed by atoms with Crippen molar-refractivity contribution in [2.45, 2.75) is 90.8 Å². The van der Waals surface area contributed by atoms with E-state index in [4.69, 9.17) is 28.2 Å². The van der Waals surface area contributed by atoms with Gasteiger partial charge in [-0.1, -0.05) is 99.8 Å². The van der Waals surface area contributed by atoms with E-state index in [0.29, 0.717) is 35.1 Å². The molecule has 17 nitrogen and oxygen atoms in total. The van der Waals surface area contributed by atoms with E-state index in [9.17, 15) is 46.7 Å². The summed E-state index contributed by atoms with van der Waals surface area (Å²) in [7, 11) is 1.16. The van der Waals surface area contributed by atoms with Crippen molar-refractivity contribution in [2.75, 3.05) is 20.4 Å². The molecule has 0 aliphatic heterocycles. The molecule has 0 aliphatic rings. The summed E-state index contributed by atoms with van der Waals surface area (Å²) in [5.74, 6) is -6.33. The molecule has 4 aromatic carbocycles. The molecule has 0 bridgehead atoms. The van der Waals surface area contributed by atoms with Crippen LogP contribution in [0.15, 0.2) is 114 Å². The first-order valence-corrected chi connectivity index (χ1v) is 23.5. The number of methoxy groups -OCH3 is 1. The van der Waals surface area contributed by atoms with Crippen molar-refractivity contribution in [3.05, 3.63) is 143 Å². The minimum absolute atomic E-state index is 0.00458. The van der Waals surface area contributed by atoms with Gasteiger partial charge in [0.25, 0.3) is 11.8 Å². The van der Waals surface area contributed by atoms with Gasteiger partial charge in [-0.25, -0.2) is 9.59 Å².